The fourth-order valence-corrected chi connectivity index (χ4v) is 4.33. The van der Waals surface area contributed by atoms with Crippen LogP contribution in [0.3, 0.4) is 0 Å². The molecular formula is C13H13ClN2OS2. The molecule has 3 nitrogen and oxygen atoms in total. The van der Waals surface area contributed by atoms with Crippen molar-refractivity contribution in [2.24, 2.45) is 0 Å². The highest BCUT2D eigenvalue weighted by atomic mass is 35.5. The van der Waals surface area contributed by atoms with Gasteiger partial charge in [-0.1, -0.05) is 11.6 Å². The summed E-state index contributed by atoms with van der Waals surface area (Å²) in [6, 6.07) is 3.56. The number of carbonyl (C=O) groups excluding carboxylic acids is 1. The molecule has 2 aromatic heterocycles. The Balaban J connectivity index is 1.79. The molecule has 2 heterocycles. The molecule has 3 rings (SSSR count). The molecule has 1 amide bonds. The van der Waals surface area contributed by atoms with Crippen molar-refractivity contribution in [2.45, 2.75) is 32.2 Å². The average molecular weight is 313 g/mol. The second-order valence-electron chi connectivity index (χ2n) is 4.56. The zero-order valence-electron chi connectivity index (χ0n) is 10.4. The summed E-state index contributed by atoms with van der Waals surface area (Å²) in [6.45, 7) is 2.01. The third kappa shape index (κ3) is 2.68. The summed E-state index contributed by atoms with van der Waals surface area (Å²) in [7, 11) is 0. The summed E-state index contributed by atoms with van der Waals surface area (Å²) in [6.07, 6.45) is 3.14. The van der Waals surface area contributed by atoms with E-state index < -0.39 is 0 Å². The number of hydrogen-bond donors (Lipinski definition) is 1. The van der Waals surface area contributed by atoms with Gasteiger partial charge < -0.3 is 5.32 Å². The molecule has 19 heavy (non-hydrogen) atoms. The van der Waals surface area contributed by atoms with Gasteiger partial charge in [0.05, 0.1) is 26.0 Å². The lowest BCUT2D eigenvalue weighted by atomic mass is 9.97. The number of nitrogens with zero attached hydrogens (tertiary/aromatic N) is 1. The van der Waals surface area contributed by atoms with Crippen LogP contribution in [0.25, 0.3) is 0 Å². The first-order valence-corrected chi connectivity index (χ1v) is 8.17. The second-order valence-corrected chi connectivity index (χ2v) is 7.57. The Hall–Kier alpha value is -0.910. The highest BCUT2D eigenvalue weighted by Crippen LogP contribution is 2.33. The Morgan fingerprint density at radius 1 is 1.47 bits per heavy atom. The van der Waals surface area contributed by atoms with Gasteiger partial charge >= 0.3 is 0 Å². The minimum atomic E-state index is -0.0552. The first kappa shape index (κ1) is 13.1. The number of hydrogen-bond acceptors (Lipinski definition) is 4. The van der Waals surface area contributed by atoms with E-state index in [2.05, 4.69) is 10.3 Å². The highest BCUT2D eigenvalue weighted by Gasteiger charge is 2.26. The van der Waals surface area contributed by atoms with Gasteiger partial charge in [0.25, 0.3) is 5.91 Å². The predicted octanol–water partition coefficient (Wildman–Crippen LogP) is 3.97. The minimum absolute atomic E-state index is 0.0436. The van der Waals surface area contributed by atoms with Crippen LogP contribution in [0, 0.1) is 6.92 Å². The summed E-state index contributed by atoms with van der Waals surface area (Å²) in [5, 5.41) is 4.15. The molecule has 0 aromatic carbocycles. The van der Waals surface area contributed by atoms with E-state index in [1.165, 1.54) is 16.2 Å². The highest BCUT2D eigenvalue weighted by molar-refractivity contribution is 7.18. The number of rotatable bonds is 2. The van der Waals surface area contributed by atoms with Crippen LogP contribution in [0.1, 0.15) is 44.1 Å². The lowest BCUT2D eigenvalue weighted by Gasteiger charge is -2.22. The van der Waals surface area contributed by atoms with Crippen LogP contribution in [0.5, 0.6) is 0 Å². The van der Waals surface area contributed by atoms with E-state index in [1.807, 2.05) is 6.92 Å². The molecule has 100 valence electrons. The lowest BCUT2D eigenvalue weighted by Crippen LogP contribution is -2.30. The van der Waals surface area contributed by atoms with Crippen molar-refractivity contribution in [3.05, 3.63) is 36.9 Å². The van der Waals surface area contributed by atoms with Crippen LogP contribution >= 0.6 is 34.3 Å². The molecule has 1 unspecified atom stereocenters. The van der Waals surface area contributed by atoms with Crippen molar-refractivity contribution in [1.29, 1.82) is 0 Å². The summed E-state index contributed by atoms with van der Waals surface area (Å²) in [5.41, 5.74) is 1.06. The van der Waals surface area contributed by atoms with Crippen molar-refractivity contribution in [1.82, 2.24) is 10.3 Å². The SMILES string of the molecule is Cc1nc2c(s1)CCCC2NC(=O)c1ccc(Cl)s1. The second kappa shape index (κ2) is 5.23. The number of aryl methyl sites for hydroxylation is 2. The van der Waals surface area contributed by atoms with Gasteiger partial charge in [0.1, 0.15) is 0 Å². The zero-order chi connectivity index (χ0) is 13.4. The fourth-order valence-electron chi connectivity index (χ4n) is 2.35. The Morgan fingerprint density at radius 3 is 3.05 bits per heavy atom. The quantitative estimate of drug-likeness (QED) is 0.911. The predicted molar refractivity (Wildman–Crippen MR) is 79.3 cm³/mol. The summed E-state index contributed by atoms with van der Waals surface area (Å²) >= 11 is 8.91. The molecule has 6 heteroatoms. The Morgan fingerprint density at radius 2 is 2.32 bits per heavy atom. The number of aromatic nitrogens is 1. The number of carbonyl (C=O) groups is 1. The molecule has 0 fully saturated rings. The van der Waals surface area contributed by atoms with Crippen molar-refractivity contribution in [3.63, 3.8) is 0 Å². The molecule has 1 aliphatic carbocycles. The van der Waals surface area contributed by atoms with Crippen LogP contribution in [0.4, 0.5) is 0 Å². The summed E-state index contributed by atoms with van der Waals surface area (Å²) < 4.78 is 0.638. The van der Waals surface area contributed by atoms with E-state index in [-0.39, 0.29) is 11.9 Å². The van der Waals surface area contributed by atoms with Gasteiger partial charge in [-0.3, -0.25) is 4.79 Å². The third-order valence-corrected chi connectivity index (χ3v) is 5.44. The Kier molecular flexibility index (Phi) is 3.60. The van der Waals surface area contributed by atoms with E-state index >= 15 is 0 Å². The topological polar surface area (TPSA) is 42.0 Å². The van der Waals surface area contributed by atoms with E-state index in [0.717, 1.165) is 30.0 Å². The van der Waals surface area contributed by atoms with Crippen LogP contribution in [-0.4, -0.2) is 10.9 Å². The number of amides is 1. The maximum Gasteiger partial charge on any atom is 0.261 e. The van der Waals surface area contributed by atoms with Crippen LogP contribution in [0.2, 0.25) is 4.34 Å². The van der Waals surface area contributed by atoms with Gasteiger partial charge in [-0.15, -0.1) is 22.7 Å². The Labute approximate surface area is 124 Å². The molecule has 0 aliphatic heterocycles. The van der Waals surface area contributed by atoms with E-state index in [0.29, 0.717) is 9.21 Å². The number of halogens is 1. The molecular weight excluding hydrogens is 300 g/mol. The van der Waals surface area contributed by atoms with Gasteiger partial charge in [0.15, 0.2) is 0 Å². The van der Waals surface area contributed by atoms with Gasteiger partial charge in [-0.05, 0) is 38.3 Å². The van der Waals surface area contributed by atoms with Gasteiger partial charge in [0.2, 0.25) is 0 Å². The zero-order valence-corrected chi connectivity index (χ0v) is 12.8. The average Bonchev–Trinajstić information content (AvgIpc) is 2.95. The molecule has 0 saturated carbocycles. The largest absolute Gasteiger partial charge is 0.343 e. The van der Waals surface area contributed by atoms with E-state index in [4.69, 9.17) is 11.6 Å². The molecule has 1 N–H and O–H groups in total. The molecule has 1 aliphatic rings. The van der Waals surface area contributed by atoms with Gasteiger partial charge in [0, 0.05) is 4.88 Å². The van der Waals surface area contributed by atoms with Crippen LogP contribution < -0.4 is 5.32 Å². The van der Waals surface area contributed by atoms with Crippen molar-refractivity contribution >= 4 is 40.2 Å². The number of thiazole rings is 1. The van der Waals surface area contributed by atoms with Crippen molar-refractivity contribution in [3.8, 4) is 0 Å². The number of thiophene rings is 1. The molecule has 2 aromatic rings. The Bertz CT molecular complexity index is 620. The molecule has 0 spiro atoms. The first-order chi connectivity index (χ1) is 9.13. The van der Waals surface area contributed by atoms with Gasteiger partial charge in [-0.25, -0.2) is 4.98 Å². The maximum absolute atomic E-state index is 12.2. The lowest BCUT2D eigenvalue weighted by molar-refractivity contribution is 0.0936. The molecule has 1 atom stereocenters. The fraction of sp³-hybridized carbons (Fsp3) is 0.385. The summed E-state index contributed by atoms with van der Waals surface area (Å²) in [5.74, 6) is -0.0552. The smallest absolute Gasteiger partial charge is 0.261 e. The normalized spacial score (nSPS) is 18.1. The van der Waals surface area contributed by atoms with Crippen LogP contribution in [0.15, 0.2) is 12.1 Å². The monoisotopic (exact) mass is 312 g/mol. The minimum Gasteiger partial charge on any atom is -0.343 e. The number of nitrogens with one attached hydrogen (secondary N) is 1. The van der Waals surface area contributed by atoms with E-state index in [9.17, 15) is 4.79 Å². The standard InChI is InChI=1S/C13H13ClN2OS2/c1-7-15-12-8(3-2-4-9(12)18-7)16-13(17)10-5-6-11(14)19-10/h5-6,8H,2-4H2,1H3,(H,16,17). The van der Waals surface area contributed by atoms with Gasteiger partial charge in [-0.2, -0.15) is 0 Å². The number of fused-ring (bicyclic) bond motifs is 1. The van der Waals surface area contributed by atoms with E-state index in [1.54, 1.807) is 23.5 Å². The van der Waals surface area contributed by atoms with Crippen molar-refractivity contribution < 1.29 is 4.79 Å². The van der Waals surface area contributed by atoms with Crippen LogP contribution in [-0.2, 0) is 6.42 Å². The third-order valence-electron chi connectivity index (χ3n) is 3.16. The summed E-state index contributed by atoms with van der Waals surface area (Å²) in [4.78, 5) is 18.7. The maximum atomic E-state index is 12.2. The van der Waals surface area contributed by atoms with Crippen molar-refractivity contribution in [2.75, 3.05) is 0 Å². The molecule has 0 bridgehead atoms. The molecule has 0 radical (unpaired) electrons. The first-order valence-electron chi connectivity index (χ1n) is 6.16. The molecule has 0 saturated heterocycles.